The minimum Gasteiger partial charge on any atom is -0.379 e. The van der Waals surface area contributed by atoms with Gasteiger partial charge in [-0.15, -0.1) is 0 Å². The number of nitrogens with two attached hydrogens (primary N) is 2. The van der Waals surface area contributed by atoms with E-state index >= 15 is 0 Å². The molecule has 31 heavy (non-hydrogen) atoms. The van der Waals surface area contributed by atoms with Crippen LogP contribution >= 0.6 is 0 Å². The predicted molar refractivity (Wildman–Crippen MR) is 117 cm³/mol. The van der Waals surface area contributed by atoms with E-state index in [-0.39, 0.29) is 11.4 Å². The molecule has 1 aromatic heterocycles. The molecule has 160 valence electrons. The average molecular weight is 420 g/mol. The number of morpholine rings is 1. The minimum absolute atomic E-state index is 0.0567. The highest BCUT2D eigenvalue weighted by Gasteiger charge is 2.16. The standard InChI is InChI=1S/C22H24N6O3/c23-21(29)20-19(25-22(24)30)14-28(26-20)18-7-5-17(6-8-18)16-3-1-15(2-4-16)13-27-9-11-31-12-10-27/h1-8,14H,9-13H2,(H2,23,29)(H3,24,25,30). The third kappa shape index (κ3) is 4.90. The van der Waals surface area contributed by atoms with Crippen molar-refractivity contribution in [1.29, 1.82) is 0 Å². The summed E-state index contributed by atoms with van der Waals surface area (Å²) in [6.45, 7) is 4.44. The van der Waals surface area contributed by atoms with Crippen LogP contribution in [0.3, 0.4) is 0 Å². The topological polar surface area (TPSA) is 128 Å². The van der Waals surface area contributed by atoms with Crippen molar-refractivity contribution in [1.82, 2.24) is 14.7 Å². The van der Waals surface area contributed by atoms with Gasteiger partial charge in [0.05, 0.1) is 30.8 Å². The number of anilines is 1. The van der Waals surface area contributed by atoms with Gasteiger partial charge >= 0.3 is 6.03 Å². The van der Waals surface area contributed by atoms with Gasteiger partial charge in [-0.3, -0.25) is 9.69 Å². The van der Waals surface area contributed by atoms with Gasteiger partial charge in [0.2, 0.25) is 0 Å². The number of ether oxygens (including phenoxy) is 1. The zero-order valence-electron chi connectivity index (χ0n) is 17.0. The third-order valence-electron chi connectivity index (χ3n) is 5.13. The molecule has 4 rings (SSSR count). The van der Waals surface area contributed by atoms with Crippen LogP contribution in [0.15, 0.2) is 54.7 Å². The highest BCUT2D eigenvalue weighted by Crippen LogP contribution is 2.23. The van der Waals surface area contributed by atoms with Crippen molar-refractivity contribution >= 4 is 17.6 Å². The maximum absolute atomic E-state index is 11.6. The summed E-state index contributed by atoms with van der Waals surface area (Å²) in [6.07, 6.45) is 1.50. The van der Waals surface area contributed by atoms with E-state index in [0.29, 0.717) is 5.69 Å². The molecule has 2 heterocycles. The van der Waals surface area contributed by atoms with Gasteiger partial charge in [-0.2, -0.15) is 5.10 Å². The van der Waals surface area contributed by atoms with Crippen molar-refractivity contribution in [2.24, 2.45) is 11.5 Å². The van der Waals surface area contributed by atoms with Crippen LogP contribution in [0.2, 0.25) is 0 Å². The lowest BCUT2D eigenvalue weighted by atomic mass is 10.0. The molecule has 0 bridgehead atoms. The smallest absolute Gasteiger partial charge is 0.316 e. The SMILES string of the molecule is NC(=O)Nc1cn(-c2ccc(-c3ccc(CN4CCOCC4)cc3)cc2)nc1C(N)=O. The molecule has 3 amide bonds. The summed E-state index contributed by atoms with van der Waals surface area (Å²) in [7, 11) is 0. The van der Waals surface area contributed by atoms with Crippen LogP contribution in [0, 0.1) is 0 Å². The van der Waals surface area contributed by atoms with E-state index in [1.54, 1.807) is 0 Å². The maximum atomic E-state index is 11.6. The maximum Gasteiger partial charge on any atom is 0.316 e. The number of aromatic nitrogens is 2. The van der Waals surface area contributed by atoms with E-state index in [4.69, 9.17) is 16.2 Å². The monoisotopic (exact) mass is 420 g/mol. The van der Waals surface area contributed by atoms with Crippen molar-refractivity contribution in [2.75, 3.05) is 31.6 Å². The number of urea groups is 1. The highest BCUT2D eigenvalue weighted by molar-refractivity contribution is 6.00. The molecule has 1 aliphatic rings. The highest BCUT2D eigenvalue weighted by atomic mass is 16.5. The summed E-state index contributed by atoms with van der Waals surface area (Å²) in [4.78, 5) is 25.1. The van der Waals surface area contributed by atoms with Crippen molar-refractivity contribution in [3.05, 3.63) is 66.0 Å². The summed E-state index contributed by atoms with van der Waals surface area (Å²) in [5, 5.41) is 6.52. The van der Waals surface area contributed by atoms with Crippen molar-refractivity contribution in [3.63, 3.8) is 0 Å². The molecule has 1 aliphatic heterocycles. The summed E-state index contributed by atoms with van der Waals surface area (Å²) in [5.74, 6) is -0.753. The Balaban J connectivity index is 1.49. The lowest BCUT2D eigenvalue weighted by Crippen LogP contribution is -2.35. The van der Waals surface area contributed by atoms with Gasteiger partial charge < -0.3 is 21.5 Å². The fraction of sp³-hybridized carbons (Fsp3) is 0.227. The Morgan fingerprint density at radius 3 is 2.16 bits per heavy atom. The zero-order valence-corrected chi connectivity index (χ0v) is 17.0. The lowest BCUT2D eigenvalue weighted by Gasteiger charge is -2.26. The molecule has 9 heteroatoms. The molecule has 0 unspecified atom stereocenters. The Morgan fingerprint density at radius 2 is 1.58 bits per heavy atom. The van der Waals surface area contributed by atoms with Crippen LogP contribution < -0.4 is 16.8 Å². The number of carbonyl (C=O) groups excluding carboxylic acids is 2. The van der Waals surface area contributed by atoms with Crippen molar-refractivity contribution < 1.29 is 14.3 Å². The molecular weight excluding hydrogens is 396 g/mol. The van der Waals surface area contributed by atoms with Gasteiger partial charge in [0.1, 0.15) is 0 Å². The first-order chi connectivity index (χ1) is 15.0. The number of nitrogens with one attached hydrogen (secondary N) is 1. The first-order valence-electron chi connectivity index (χ1n) is 9.95. The van der Waals surface area contributed by atoms with E-state index in [2.05, 4.69) is 39.6 Å². The van der Waals surface area contributed by atoms with Crippen LogP contribution in [-0.2, 0) is 11.3 Å². The van der Waals surface area contributed by atoms with Crippen LogP contribution in [0.5, 0.6) is 0 Å². The number of carbonyl (C=O) groups is 2. The van der Waals surface area contributed by atoms with Crippen LogP contribution in [0.1, 0.15) is 16.1 Å². The number of amides is 3. The van der Waals surface area contributed by atoms with E-state index in [9.17, 15) is 9.59 Å². The normalized spacial score (nSPS) is 14.3. The van der Waals surface area contributed by atoms with Crippen LogP contribution in [0.4, 0.5) is 10.5 Å². The summed E-state index contributed by atoms with van der Waals surface area (Å²) in [6, 6.07) is 15.4. The molecule has 2 aromatic carbocycles. The summed E-state index contributed by atoms with van der Waals surface area (Å²) >= 11 is 0. The van der Waals surface area contributed by atoms with Gasteiger partial charge in [-0.25, -0.2) is 9.48 Å². The van der Waals surface area contributed by atoms with Crippen LogP contribution in [-0.4, -0.2) is 52.9 Å². The van der Waals surface area contributed by atoms with E-state index in [1.165, 1.54) is 16.4 Å². The molecule has 1 fully saturated rings. The van der Waals surface area contributed by atoms with Crippen molar-refractivity contribution in [3.8, 4) is 16.8 Å². The molecule has 0 radical (unpaired) electrons. The first kappa shape index (κ1) is 20.6. The van der Waals surface area contributed by atoms with Gasteiger partial charge in [-0.05, 0) is 28.8 Å². The largest absolute Gasteiger partial charge is 0.379 e. The molecule has 1 saturated heterocycles. The Labute approximate surface area is 179 Å². The molecule has 5 N–H and O–H groups in total. The first-order valence-corrected chi connectivity index (χ1v) is 9.95. The Bertz CT molecular complexity index is 1070. The Morgan fingerprint density at radius 1 is 0.968 bits per heavy atom. The Kier molecular flexibility index (Phi) is 5.96. The second kappa shape index (κ2) is 8.99. The average Bonchev–Trinajstić information content (AvgIpc) is 3.19. The quantitative estimate of drug-likeness (QED) is 0.561. The summed E-state index contributed by atoms with van der Waals surface area (Å²) in [5.41, 5.74) is 14.7. The molecular formula is C22H24N6O3. The Hall–Kier alpha value is -3.69. The number of hydrogen-bond donors (Lipinski definition) is 3. The molecule has 9 nitrogen and oxygen atoms in total. The predicted octanol–water partition coefficient (Wildman–Crippen LogP) is 1.96. The number of rotatable bonds is 6. The number of nitrogens with zero attached hydrogens (tertiary/aromatic N) is 3. The molecule has 0 spiro atoms. The zero-order chi connectivity index (χ0) is 21.8. The van der Waals surface area contributed by atoms with Gasteiger partial charge in [0, 0.05) is 19.6 Å². The number of primary amides is 2. The third-order valence-corrected chi connectivity index (χ3v) is 5.13. The van der Waals surface area contributed by atoms with Gasteiger partial charge in [-0.1, -0.05) is 36.4 Å². The van der Waals surface area contributed by atoms with Crippen molar-refractivity contribution in [2.45, 2.75) is 6.54 Å². The number of benzene rings is 2. The van der Waals surface area contributed by atoms with E-state index < -0.39 is 11.9 Å². The fourth-order valence-electron chi connectivity index (χ4n) is 3.54. The van der Waals surface area contributed by atoms with Crippen LogP contribution in [0.25, 0.3) is 16.8 Å². The fourth-order valence-corrected chi connectivity index (χ4v) is 3.54. The number of hydrogen-bond acceptors (Lipinski definition) is 5. The van der Waals surface area contributed by atoms with Gasteiger partial charge in [0.15, 0.2) is 5.69 Å². The second-order valence-corrected chi connectivity index (χ2v) is 7.32. The molecule has 0 saturated carbocycles. The summed E-state index contributed by atoms with van der Waals surface area (Å²) < 4.78 is 6.87. The molecule has 3 aromatic rings. The molecule has 0 aliphatic carbocycles. The van der Waals surface area contributed by atoms with Gasteiger partial charge in [0.25, 0.3) is 5.91 Å². The molecule has 0 atom stereocenters. The minimum atomic E-state index is -0.797. The van der Waals surface area contributed by atoms with E-state index in [1.807, 2.05) is 24.3 Å². The second-order valence-electron chi connectivity index (χ2n) is 7.32. The lowest BCUT2D eigenvalue weighted by molar-refractivity contribution is 0.0342. The van der Waals surface area contributed by atoms with E-state index in [0.717, 1.165) is 44.0 Å².